The van der Waals surface area contributed by atoms with Crippen molar-refractivity contribution in [3.8, 4) is 0 Å². The van der Waals surface area contributed by atoms with Crippen molar-refractivity contribution in [3.63, 3.8) is 0 Å². The van der Waals surface area contributed by atoms with Crippen LogP contribution in [0.3, 0.4) is 0 Å². The number of amides is 1. The quantitative estimate of drug-likeness (QED) is 0.870. The minimum absolute atomic E-state index is 0. The zero-order valence-corrected chi connectivity index (χ0v) is 12.2. The Morgan fingerprint density at radius 1 is 1.71 bits per heavy atom. The van der Waals surface area contributed by atoms with Gasteiger partial charge >= 0.3 is 0 Å². The van der Waals surface area contributed by atoms with Crippen molar-refractivity contribution in [3.05, 3.63) is 16.3 Å². The molecule has 6 heteroatoms. The highest BCUT2D eigenvalue weighted by Crippen LogP contribution is 2.28. The molecule has 0 radical (unpaired) electrons. The predicted molar refractivity (Wildman–Crippen MR) is 76.4 cm³/mol. The summed E-state index contributed by atoms with van der Waals surface area (Å²) >= 11 is 3.17. The summed E-state index contributed by atoms with van der Waals surface area (Å²) in [7, 11) is 0. The second-order valence-corrected chi connectivity index (χ2v) is 5.72. The average molecular weight is 293 g/mol. The topological polar surface area (TPSA) is 46.3 Å². The van der Waals surface area contributed by atoms with E-state index in [9.17, 15) is 4.79 Å². The number of thiophene rings is 1. The summed E-state index contributed by atoms with van der Waals surface area (Å²) in [6, 6.07) is 2.01. The van der Waals surface area contributed by atoms with E-state index in [-0.39, 0.29) is 18.3 Å². The molecular weight excluding hydrogens is 276 g/mol. The summed E-state index contributed by atoms with van der Waals surface area (Å²) < 4.78 is 0. The summed E-state index contributed by atoms with van der Waals surface area (Å²) in [6.07, 6.45) is 3.05. The van der Waals surface area contributed by atoms with E-state index in [1.807, 2.05) is 22.6 Å². The highest BCUT2D eigenvalue weighted by Gasteiger charge is 2.27. The fourth-order valence-electron chi connectivity index (χ4n) is 1.97. The molecule has 0 spiro atoms. The Bertz CT molecular complexity index is 383. The molecule has 1 unspecified atom stereocenters. The zero-order chi connectivity index (χ0) is 11.5. The Morgan fingerprint density at radius 2 is 2.47 bits per heavy atom. The molecule has 2 rings (SSSR count). The maximum absolute atomic E-state index is 12.2. The summed E-state index contributed by atoms with van der Waals surface area (Å²) in [4.78, 5) is 16.1. The monoisotopic (exact) mass is 292 g/mol. The van der Waals surface area contributed by atoms with Crippen molar-refractivity contribution >= 4 is 41.4 Å². The first-order chi connectivity index (χ1) is 7.76. The normalized spacial score (nSPS) is 19.2. The maximum Gasteiger partial charge on any atom is 0.265 e. The van der Waals surface area contributed by atoms with Crippen LogP contribution in [0.4, 0.5) is 0 Å². The zero-order valence-electron chi connectivity index (χ0n) is 9.72. The molecule has 0 aliphatic carbocycles. The Balaban J connectivity index is 0.00000144. The van der Waals surface area contributed by atoms with Gasteiger partial charge in [0.1, 0.15) is 4.88 Å². The number of carbonyl (C=O) groups is 1. The minimum Gasteiger partial charge on any atom is -0.338 e. The Kier molecular flexibility index (Phi) is 5.79. The van der Waals surface area contributed by atoms with Crippen LogP contribution in [0.2, 0.25) is 0 Å². The lowest BCUT2D eigenvalue weighted by molar-refractivity contribution is 0.0789. The minimum atomic E-state index is 0. The highest BCUT2D eigenvalue weighted by molar-refractivity contribution is 7.98. The van der Waals surface area contributed by atoms with Crippen LogP contribution in [0.1, 0.15) is 16.1 Å². The molecule has 1 fully saturated rings. The van der Waals surface area contributed by atoms with Crippen molar-refractivity contribution in [2.45, 2.75) is 11.3 Å². The van der Waals surface area contributed by atoms with E-state index in [0.29, 0.717) is 12.5 Å². The number of hydrogen-bond donors (Lipinski definition) is 1. The van der Waals surface area contributed by atoms with Crippen LogP contribution in [-0.2, 0) is 0 Å². The van der Waals surface area contributed by atoms with Crippen LogP contribution in [0.15, 0.2) is 16.3 Å². The molecular formula is C11H17ClN2OS2. The number of likely N-dealkylation sites (tertiary alicyclic amines) is 1. The molecule has 0 bridgehead atoms. The standard InChI is InChI=1S/C11H16N2OS2.ClH/c1-15-9-3-5-16-10(9)11(14)13-4-2-8(6-12)7-13;/h3,5,8H,2,4,6-7,12H2,1H3;1H. The van der Waals surface area contributed by atoms with Gasteiger partial charge in [0, 0.05) is 18.0 Å². The third-order valence-electron chi connectivity index (χ3n) is 2.95. The SMILES string of the molecule is CSc1ccsc1C(=O)N1CCC(CN)C1.Cl. The van der Waals surface area contributed by atoms with Crippen LogP contribution in [0.25, 0.3) is 0 Å². The van der Waals surface area contributed by atoms with E-state index >= 15 is 0 Å². The van der Waals surface area contributed by atoms with E-state index < -0.39 is 0 Å². The van der Waals surface area contributed by atoms with Crippen molar-refractivity contribution in [2.75, 3.05) is 25.9 Å². The number of thioether (sulfide) groups is 1. The summed E-state index contributed by atoms with van der Waals surface area (Å²) in [6.45, 7) is 2.36. The molecule has 96 valence electrons. The van der Waals surface area contributed by atoms with Crippen LogP contribution >= 0.6 is 35.5 Å². The summed E-state index contributed by atoms with van der Waals surface area (Å²) in [5.74, 6) is 0.664. The van der Waals surface area contributed by atoms with Crippen molar-refractivity contribution in [2.24, 2.45) is 11.7 Å². The predicted octanol–water partition coefficient (Wildman–Crippen LogP) is 2.31. The molecule has 1 amide bonds. The van der Waals surface area contributed by atoms with Gasteiger partial charge in [-0.15, -0.1) is 35.5 Å². The average Bonchev–Trinajstić information content (AvgIpc) is 2.96. The first-order valence-corrected chi connectivity index (χ1v) is 7.47. The number of carbonyl (C=O) groups excluding carboxylic acids is 1. The van der Waals surface area contributed by atoms with Crippen molar-refractivity contribution in [1.29, 1.82) is 0 Å². The van der Waals surface area contributed by atoms with E-state index in [1.165, 1.54) is 11.3 Å². The van der Waals surface area contributed by atoms with Crippen molar-refractivity contribution < 1.29 is 4.79 Å². The molecule has 2 N–H and O–H groups in total. The van der Waals surface area contributed by atoms with Gasteiger partial charge in [0.05, 0.1) is 0 Å². The van der Waals surface area contributed by atoms with E-state index in [2.05, 4.69) is 0 Å². The van der Waals surface area contributed by atoms with E-state index in [1.54, 1.807) is 11.8 Å². The van der Waals surface area contributed by atoms with Crippen LogP contribution in [0, 0.1) is 5.92 Å². The highest BCUT2D eigenvalue weighted by atomic mass is 35.5. The summed E-state index contributed by atoms with van der Waals surface area (Å²) in [5, 5.41) is 1.98. The largest absolute Gasteiger partial charge is 0.338 e. The van der Waals surface area contributed by atoms with Gasteiger partial charge in [0.25, 0.3) is 5.91 Å². The smallest absolute Gasteiger partial charge is 0.265 e. The molecule has 0 aromatic carbocycles. The molecule has 1 aliphatic heterocycles. The van der Waals surface area contributed by atoms with Gasteiger partial charge in [-0.25, -0.2) is 0 Å². The summed E-state index contributed by atoms with van der Waals surface area (Å²) in [5.41, 5.74) is 5.63. The van der Waals surface area contributed by atoms with Gasteiger partial charge in [-0.1, -0.05) is 0 Å². The van der Waals surface area contributed by atoms with Gasteiger partial charge in [-0.3, -0.25) is 4.79 Å². The maximum atomic E-state index is 12.2. The molecule has 3 nitrogen and oxygen atoms in total. The number of hydrogen-bond acceptors (Lipinski definition) is 4. The van der Waals surface area contributed by atoms with Gasteiger partial charge < -0.3 is 10.6 Å². The lowest BCUT2D eigenvalue weighted by Crippen LogP contribution is -2.29. The fraction of sp³-hybridized carbons (Fsp3) is 0.545. The van der Waals surface area contributed by atoms with Gasteiger partial charge in [-0.05, 0) is 36.6 Å². The number of nitrogens with two attached hydrogens (primary N) is 1. The number of nitrogens with zero attached hydrogens (tertiary/aromatic N) is 1. The molecule has 1 atom stereocenters. The lowest BCUT2D eigenvalue weighted by atomic mass is 10.1. The first-order valence-electron chi connectivity index (χ1n) is 5.37. The van der Waals surface area contributed by atoms with Crippen LogP contribution in [0.5, 0.6) is 0 Å². The molecule has 1 aromatic rings. The third-order valence-corrected chi connectivity index (χ3v) is 4.76. The van der Waals surface area contributed by atoms with Gasteiger partial charge in [0.15, 0.2) is 0 Å². The van der Waals surface area contributed by atoms with E-state index in [0.717, 1.165) is 29.3 Å². The van der Waals surface area contributed by atoms with Crippen LogP contribution < -0.4 is 5.73 Å². The third kappa shape index (κ3) is 3.16. The van der Waals surface area contributed by atoms with Crippen LogP contribution in [-0.4, -0.2) is 36.7 Å². The Morgan fingerprint density at radius 3 is 3.06 bits per heavy atom. The molecule has 1 aliphatic rings. The Labute approximate surface area is 116 Å². The molecule has 1 saturated heterocycles. The first kappa shape index (κ1) is 14.8. The lowest BCUT2D eigenvalue weighted by Gasteiger charge is -2.15. The van der Waals surface area contributed by atoms with E-state index in [4.69, 9.17) is 5.73 Å². The number of rotatable bonds is 3. The number of halogens is 1. The second-order valence-electron chi connectivity index (χ2n) is 3.96. The second kappa shape index (κ2) is 6.64. The molecule has 1 aromatic heterocycles. The molecule has 17 heavy (non-hydrogen) atoms. The fourth-order valence-corrected chi connectivity index (χ4v) is 3.68. The molecule has 0 saturated carbocycles. The van der Waals surface area contributed by atoms with Crippen molar-refractivity contribution in [1.82, 2.24) is 4.90 Å². The Hall–Kier alpha value is -0.230. The van der Waals surface area contributed by atoms with Gasteiger partial charge in [0.2, 0.25) is 0 Å². The molecule has 2 heterocycles. The van der Waals surface area contributed by atoms with Gasteiger partial charge in [-0.2, -0.15) is 0 Å².